The maximum absolute atomic E-state index is 5.36. The van der Waals surface area contributed by atoms with Crippen LogP contribution in [0, 0.1) is 0 Å². The molecule has 0 radical (unpaired) electrons. The highest BCUT2D eigenvalue weighted by Gasteiger charge is 2.20. The van der Waals surface area contributed by atoms with Crippen molar-refractivity contribution in [3.8, 4) is 0 Å². The van der Waals surface area contributed by atoms with Crippen LogP contribution >= 0.6 is 0 Å². The van der Waals surface area contributed by atoms with Crippen molar-refractivity contribution in [3.05, 3.63) is 0 Å². The lowest BCUT2D eigenvalue weighted by atomic mass is 10.1. The van der Waals surface area contributed by atoms with E-state index >= 15 is 0 Å². The van der Waals surface area contributed by atoms with Crippen molar-refractivity contribution in [3.63, 3.8) is 0 Å². The maximum atomic E-state index is 5.36. The lowest BCUT2D eigenvalue weighted by molar-refractivity contribution is 0.158. The minimum absolute atomic E-state index is 0.229. The van der Waals surface area contributed by atoms with E-state index in [2.05, 4.69) is 38.0 Å². The summed E-state index contributed by atoms with van der Waals surface area (Å²) in [6, 6.07) is 0.636. The molecule has 1 aliphatic rings. The molecular formula is C11H24N2O. The van der Waals surface area contributed by atoms with Gasteiger partial charge in [-0.2, -0.15) is 0 Å². The average Bonchev–Trinajstić information content (AvgIpc) is 2.53. The summed E-state index contributed by atoms with van der Waals surface area (Å²) >= 11 is 0. The zero-order valence-corrected chi connectivity index (χ0v) is 9.97. The van der Waals surface area contributed by atoms with Gasteiger partial charge in [0.2, 0.25) is 0 Å². The molecule has 1 fully saturated rings. The zero-order valence-electron chi connectivity index (χ0n) is 9.97. The Morgan fingerprint density at radius 1 is 1.43 bits per heavy atom. The minimum Gasteiger partial charge on any atom is -0.380 e. The number of nitrogens with one attached hydrogen (secondary N) is 1. The molecule has 0 saturated carbocycles. The van der Waals surface area contributed by atoms with Crippen LogP contribution in [0.2, 0.25) is 0 Å². The topological polar surface area (TPSA) is 24.5 Å². The van der Waals surface area contributed by atoms with Gasteiger partial charge >= 0.3 is 0 Å². The molecule has 0 spiro atoms. The minimum atomic E-state index is 0.229. The van der Waals surface area contributed by atoms with Crippen molar-refractivity contribution in [1.29, 1.82) is 0 Å². The number of likely N-dealkylation sites (N-methyl/N-ethyl adjacent to an activating group) is 1. The van der Waals surface area contributed by atoms with Gasteiger partial charge in [-0.1, -0.05) is 0 Å². The summed E-state index contributed by atoms with van der Waals surface area (Å²) in [7, 11) is 2.18. The smallest absolute Gasteiger partial charge is 0.0622 e. The van der Waals surface area contributed by atoms with Crippen LogP contribution in [-0.2, 0) is 4.74 Å². The van der Waals surface area contributed by atoms with E-state index in [0.29, 0.717) is 6.04 Å². The van der Waals surface area contributed by atoms with Crippen LogP contribution in [0.1, 0.15) is 27.2 Å². The van der Waals surface area contributed by atoms with Crippen LogP contribution in [0.15, 0.2) is 0 Å². The number of hydrogen-bond donors (Lipinski definition) is 1. The highest BCUT2D eigenvalue weighted by atomic mass is 16.5. The van der Waals surface area contributed by atoms with Gasteiger partial charge < -0.3 is 10.1 Å². The number of nitrogens with zero attached hydrogens (tertiary/aromatic N) is 1. The molecule has 3 heteroatoms. The molecule has 0 aliphatic carbocycles. The van der Waals surface area contributed by atoms with E-state index < -0.39 is 0 Å². The second-order valence-electron chi connectivity index (χ2n) is 5.17. The molecule has 84 valence electrons. The van der Waals surface area contributed by atoms with Crippen molar-refractivity contribution in [2.75, 3.05) is 33.4 Å². The first-order chi connectivity index (χ1) is 6.49. The van der Waals surface area contributed by atoms with Gasteiger partial charge in [0.1, 0.15) is 0 Å². The Morgan fingerprint density at radius 2 is 2.14 bits per heavy atom. The molecule has 0 amide bonds. The first kappa shape index (κ1) is 12.0. The summed E-state index contributed by atoms with van der Waals surface area (Å²) in [5, 5.41) is 3.49. The fraction of sp³-hybridized carbons (Fsp3) is 1.00. The predicted molar refractivity (Wildman–Crippen MR) is 59.6 cm³/mol. The second-order valence-corrected chi connectivity index (χ2v) is 5.17. The molecule has 0 aromatic carbocycles. The molecule has 3 nitrogen and oxygen atoms in total. The molecule has 14 heavy (non-hydrogen) atoms. The number of rotatable bonds is 4. The summed E-state index contributed by atoms with van der Waals surface area (Å²) in [6.45, 7) is 10.6. The van der Waals surface area contributed by atoms with Gasteiger partial charge in [0, 0.05) is 31.3 Å². The summed E-state index contributed by atoms with van der Waals surface area (Å²) in [5.74, 6) is 0. The third-order valence-corrected chi connectivity index (χ3v) is 2.65. The van der Waals surface area contributed by atoms with Crippen LogP contribution in [0.25, 0.3) is 0 Å². The van der Waals surface area contributed by atoms with E-state index in [9.17, 15) is 0 Å². The Kier molecular flexibility index (Phi) is 4.35. The Morgan fingerprint density at radius 3 is 2.64 bits per heavy atom. The lowest BCUT2D eigenvalue weighted by Crippen LogP contribution is -2.43. The highest BCUT2D eigenvalue weighted by molar-refractivity contribution is 4.75. The standard InChI is InChI=1S/C11H24N2O/c1-11(2,3)12-6-7-13(4)10-5-8-14-9-10/h10,12H,5-9H2,1-4H3. The van der Waals surface area contributed by atoms with E-state index in [1.165, 1.54) is 6.42 Å². The summed E-state index contributed by atoms with van der Waals surface area (Å²) < 4.78 is 5.36. The van der Waals surface area contributed by atoms with Crippen LogP contribution < -0.4 is 5.32 Å². The van der Waals surface area contributed by atoms with E-state index in [1.807, 2.05) is 0 Å². The van der Waals surface area contributed by atoms with Crippen molar-refractivity contribution < 1.29 is 4.74 Å². The highest BCUT2D eigenvalue weighted by Crippen LogP contribution is 2.09. The summed E-state index contributed by atoms with van der Waals surface area (Å²) in [6.07, 6.45) is 1.19. The van der Waals surface area contributed by atoms with Crippen LogP contribution in [-0.4, -0.2) is 49.8 Å². The molecule has 1 heterocycles. The summed E-state index contributed by atoms with van der Waals surface area (Å²) in [5.41, 5.74) is 0.229. The van der Waals surface area contributed by atoms with Gasteiger partial charge in [-0.25, -0.2) is 0 Å². The third kappa shape index (κ3) is 4.40. The molecule has 1 atom stereocenters. The third-order valence-electron chi connectivity index (χ3n) is 2.65. The molecule has 1 saturated heterocycles. The van der Waals surface area contributed by atoms with Gasteiger partial charge in [0.15, 0.2) is 0 Å². The first-order valence-electron chi connectivity index (χ1n) is 5.52. The molecule has 1 rings (SSSR count). The molecule has 1 aliphatic heterocycles. The van der Waals surface area contributed by atoms with Crippen molar-refractivity contribution >= 4 is 0 Å². The van der Waals surface area contributed by atoms with Crippen LogP contribution in [0.5, 0.6) is 0 Å². The Labute approximate surface area is 87.8 Å². The average molecular weight is 200 g/mol. The fourth-order valence-electron chi connectivity index (χ4n) is 1.66. The number of ether oxygens (including phenoxy) is 1. The van der Waals surface area contributed by atoms with Gasteiger partial charge in [-0.15, -0.1) is 0 Å². The Hall–Kier alpha value is -0.120. The van der Waals surface area contributed by atoms with Crippen molar-refractivity contribution in [2.45, 2.75) is 38.8 Å². The molecule has 0 aromatic heterocycles. The number of hydrogen-bond acceptors (Lipinski definition) is 3. The molecule has 1 unspecified atom stereocenters. The zero-order chi connectivity index (χ0) is 10.6. The summed E-state index contributed by atoms with van der Waals surface area (Å²) in [4.78, 5) is 2.39. The van der Waals surface area contributed by atoms with Gasteiger partial charge in [-0.3, -0.25) is 4.90 Å². The van der Waals surface area contributed by atoms with E-state index in [0.717, 1.165) is 26.3 Å². The largest absolute Gasteiger partial charge is 0.380 e. The van der Waals surface area contributed by atoms with Crippen LogP contribution in [0.4, 0.5) is 0 Å². The second kappa shape index (κ2) is 5.10. The predicted octanol–water partition coefficient (Wildman–Crippen LogP) is 1.10. The van der Waals surface area contributed by atoms with Crippen LogP contribution in [0.3, 0.4) is 0 Å². The van der Waals surface area contributed by atoms with E-state index in [4.69, 9.17) is 4.74 Å². The first-order valence-corrected chi connectivity index (χ1v) is 5.52. The van der Waals surface area contributed by atoms with Gasteiger partial charge in [0.05, 0.1) is 6.61 Å². The van der Waals surface area contributed by atoms with E-state index in [-0.39, 0.29) is 5.54 Å². The van der Waals surface area contributed by atoms with Crippen molar-refractivity contribution in [1.82, 2.24) is 10.2 Å². The molecule has 1 N–H and O–H groups in total. The normalized spacial score (nSPS) is 23.4. The lowest BCUT2D eigenvalue weighted by Gasteiger charge is -2.26. The monoisotopic (exact) mass is 200 g/mol. The van der Waals surface area contributed by atoms with Gasteiger partial charge in [-0.05, 0) is 34.2 Å². The quantitative estimate of drug-likeness (QED) is 0.735. The SMILES string of the molecule is CN(CCNC(C)(C)C)C1CCOC1. The Bertz CT molecular complexity index is 159. The molecule has 0 aromatic rings. The maximum Gasteiger partial charge on any atom is 0.0622 e. The van der Waals surface area contributed by atoms with Gasteiger partial charge in [0.25, 0.3) is 0 Å². The fourth-order valence-corrected chi connectivity index (χ4v) is 1.66. The Balaban J connectivity index is 2.11. The molecular weight excluding hydrogens is 176 g/mol. The molecule has 0 bridgehead atoms. The van der Waals surface area contributed by atoms with Crippen molar-refractivity contribution in [2.24, 2.45) is 0 Å². The van der Waals surface area contributed by atoms with E-state index in [1.54, 1.807) is 0 Å².